The highest BCUT2D eigenvalue weighted by molar-refractivity contribution is 6.31. The first-order valence-corrected chi connectivity index (χ1v) is 9.08. The van der Waals surface area contributed by atoms with Gasteiger partial charge in [0.15, 0.2) is 6.61 Å². The van der Waals surface area contributed by atoms with E-state index in [1.54, 1.807) is 41.3 Å². The van der Waals surface area contributed by atoms with Crippen LogP contribution < -0.4 is 4.90 Å². The second kappa shape index (κ2) is 8.86. The van der Waals surface area contributed by atoms with Gasteiger partial charge in [-0.2, -0.15) is 0 Å². The third kappa shape index (κ3) is 5.20. The quantitative estimate of drug-likeness (QED) is 0.737. The standard InChI is InChI=1S/C20H20ClFN2O3/c21-18-4-2-1-3-15(18)13-20(26)27-14-19(25)24-11-9-23(10-12-24)17-7-5-16(22)6-8-17/h1-8H,9-14H2. The molecule has 0 unspecified atom stereocenters. The number of piperazine rings is 1. The molecule has 0 N–H and O–H groups in total. The molecule has 1 saturated heterocycles. The van der Waals surface area contributed by atoms with Crippen molar-refractivity contribution in [3.05, 3.63) is 64.9 Å². The molecule has 0 aliphatic carbocycles. The van der Waals surface area contributed by atoms with Crippen molar-refractivity contribution in [2.24, 2.45) is 0 Å². The maximum absolute atomic E-state index is 13.0. The number of ether oxygens (including phenoxy) is 1. The minimum Gasteiger partial charge on any atom is -0.455 e. The van der Waals surface area contributed by atoms with E-state index in [4.69, 9.17) is 16.3 Å². The summed E-state index contributed by atoms with van der Waals surface area (Å²) in [6, 6.07) is 13.3. The number of hydrogen-bond donors (Lipinski definition) is 0. The molecule has 0 atom stereocenters. The molecular formula is C20H20ClFN2O3. The van der Waals surface area contributed by atoms with Gasteiger partial charge < -0.3 is 14.5 Å². The minimum absolute atomic E-state index is 0.0330. The molecule has 1 aliphatic heterocycles. The second-order valence-corrected chi connectivity index (χ2v) is 6.68. The number of nitrogens with zero attached hydrogens (tertiary/aromatic N) is 2. The van der Waals surface area contributed by atoms with Gasteiger partial charge in [-0.3, -0.25) is 9.59 Å². The Bertz CT molecular complexity index is 805. The molecule has 0 spiro atoms. The minimum atomic E-state index is -0.485. The molecule has 3 rings (SSSR count). The van der Waals surface area contributed by atoms with E-state index in [1.165, 1.54) is 12.1 Å². The third-order valence-electron chi connectivity index (χ3n) is 4.47. The summed E-state index contributed by atoms with van der Waals surface area (Å²) < 4.78 is 18.1. The largest absolute Gasteiger partial charge is 0.455 e. The van der Waals surface area contributed by atoms with Gasteiger partial charge in [0.2, 0.25) is 0 Å². The van der Waals surface area contributed by atoms with Gasteiger partial charge in [-0.25, -0.2) is 4.39 Å². The SMILES string of the molecule is O=C(Cc1ccccc1Cl)OCC(=O)N1CCN(c2ccc(F)cc2)CC1. The smallest absolute Gasteiger partial charge is 0.310 e. The fourth-order valence-corrected chi connectivity index (χ4v) is 3.15. The van der Waals surface area contributed by atoms with E-state index < -0.39 is 5.97 Å². The molecule has 1 fully saturated rings. The van der Waals surface area contributed by atoms with Crippen molar-refractivity contribution >= 4 is 29.2 Å². The van der Waals surface area contributed by atoms with Gasteiger partial charge in [0.05, 0.1) is 6.42 Å². The Balaban J connectivity index is 1.43. The topological polar surface area (TPSA) is 49.9 Å². The zero-order valence-corrected chi connectivity index (χ0v) is 15.5. The summed E-state index contributed by atoms with van der Waals surface area (Å²) in [5, 5.41) is 0.498. The summed E-state index contributed by atoms with van der Waals surface area (Å²) in [4.78, 5) is 27.9. The van der Waals surface area contributed by atoms with Crippen LogP contribution in [0.25, 0.3) is 0 Å². The first kappa shape index (κ1) is 19.2. The predicted molar refractivity (Wildman–Crippen MR) is 101 cm³/mol. The van der Waals surface area contributed by atoms with Crippen molar-refractivity contribution in [2.75, 3.05) is 37.7 Å². The van der Waals surface area contributed by atoms with Gasteiger partial charge in [0, 0.05) is 36.9 Å². The van der Waals surface area contributed by atoms with Crippen LogP contribution in [0.4, 0.5) is 10.1 Å². The zero-order valence-electron chi connectivity index (χ0n) is 14.7. The molecule has 0 bridgehead atoms. The fourth-order valence-electron chi connectivity index (χ4n) is 2.95. The van der Waals surface area contributed by atoms with Gasteiger partial charge in [-0.05, 0) is 35.9 Å². The number of halogens is 2. The maximum atomic E-state index is 13.0. The molecular weight excluding hydrogens is 371 g/mol. The van der Waals surface area contributed by atoms with Crippen LogP contribution in [-0.4, -0.2) is 49.6 Å². The van der Waals surface area contributed by atoms with Crippen LogP contribution in [-0.2, 0) is 20.7 Å². The number of carbonyl (C=O) groups is 2. The van der Waals surface area contributed by atoms with E-state index in [2.05, 4.69) is 4.90 Å². The van der Waals surface area contributed by atoms with E-state index in [0.29, 0.717) is 36.8 Å². The number of benzene rings is 2. The van der Waals surface area contributed by atoms with E-state index in [-0.39, 0.29) is 24.8 Å². The normalized spacial score (nSPS) is 14.1. The Labute approximate surface area is 162 Å². The van der Waals surface area contributed by atoms with Gasteiger partial charge >= 0.3 is 5.97 Å². The van der Waals surface area contributed by atoms with E-state index >= 15 is 0 Å². The van der Waals surface area contributed by atoms with Crippen LogP contribution in [0.2, 0.25) is 5.02 Å². The molecule has 5 nitrogen and oxygen atoms in total. The molecule has 2 aromatic carbocycles. The molecule has 1 amide bonds. The molecule has 0 aromatic heterocycles. The summed E-state index contributed by atoms with van der Waals surface area (Å²) in [5.41, 5.74) is 1.60. The summed E-state index contributed by atoms with van der Waals surface area (Å²) in [7, 11) is 0. The summed E-state index contributed by atoms with van der Waals surface area (Å²) in [6.07, 6.45) is 0.0330. The van der Waals surface area contributed by atoms with Crippen LogP contribution in [0, 0.1) is 5.82 Å². The first-order valence-electron chi connectivity index (χ1n) is 8.70. The Morgan fingerprint density at radius 3 is 2.33 bits per heavy atom. The molecule has 0 saturated carbocycles. The highest BCUT2D eigenvalue weighted by atomic mass is 35.5. The van der Waals surface area contributed by atoms with Crippen molar-refractivity contribution in [3.63, 3.8) is 0 Å². The summed E-state index contributed by atoms with van der Waals surface area (Å²) in [6.45, 7) is 2.06. The lowest BCUT2D eigenvalue weighted by molar-refractivity contribution is -0.151. The number of hydrogen-bond acceptors (Lipinski definition) is 4. The van der Waals surface area contributed by atoms with Gasteiger partial charge in [0.25, 0.3) is 5.91 Å². The molecule has 7 heteroatoms. The number of rotatable bonds is 5. The Morgan fingerprint density at radius 2 is 1.67 bits per heavy atom. The zero-order chi connectivity index (χ0) is 19.2. The van der Waals surface area contributed by atoms with Crippen LogP contribution in [0.5, 0.6) is 0 Å². The van der Waals surface area contributed by atoms with E-state index in [1.807, 2.05) is 0 Å². The second-order valence-electron chi connectivity index (χ2n) is 6.27. The van der Waals surface area contributed by atoms with Crippen LogP contribution >= 0.6 is 11.6 Å². The van der Waals surface area contributed by atoms with Gasteiger partial charge in [-0.1, -0.05) is 29.8 Å². The highest BCUT2D eigenvalue weighted by Crippen LogP contribution is 2.17. The average Bonchev–Trinajstić information content (AvgIpc) is 2.69. The first-order chi connectivity index (χ1) is 13.0. The Hall–Kier alpha value is -2.60. The van der Waals surface area contributed by atoms with Crippen molar-refractivity contribution in [1.82, 2.24) is 4.90 Å². The molecule has 0 radical (unpaired) electrons. The van der Waals surface area contributed by atoms with Crippen molar-refractivity contribution in [2.45, 2.75) is 6.42 Å². The van der Waals surface area contributed by atoms with Gasteiger partial charge in [0.1, 0.15) is 5.82 Å². The van der Waals surface area contributed by atoms with E-state index in [9.17, 15) is 14.0 Å². The van der Waals surface area contributed by atoms with Crippen molar-refractivity contribution < 1.29 is 18.7 Å². The lowest BCUT2D eigenvalue weighted by Crippen LogP contribution is -2.50. The number of amides is 1. The molecule has 1 heterocycles. The Morgan fingerprint density at radius 1 is 1.00 bits per heavy atom. The predicted octanol–water partition coefficient (Wildman–Crippen LogP) is 2.91. The number of carbonyl (C=O) groups excluding carboxylic acids is 2. The monoisotopic (exact) mass is 390 g/mol. The third-order valence-corrected chi connectivity index (χ3v) is 4.84. The van der Waals surface area contributed by atoms with Crippen LogP contribution in [0.15, 0.2) is 48.5 Å². The highest BCUT2D eigenvalue weighted by Gasteiger charge is 2.22. The van der Waals surface area contributed by atoms with Crippen molar-refractivity contribution in [1.29, 1.82) is 0 Å². The van der Waals surface area contributed by atoms with E-state index in [0.717, 1.165) is 5.69 Å². The lowest BCUT2D eigenvalue weighted by atomic mass is 10.1. The summed E-state index contributed by atoms with van der Waals surface area (Å²) in [5.74, 6) is -0.978. The maximum Gasteiger partial charge on any atom is 0.310 e. The molecule has 1 aliphatic rings. The Kier molecular flexibility index (Phi) is 6.29. The number of esters is 1. The number of anilines is 1. The average molecular weight is 391 g/mol. The molecule has 2 aromatic rings. The summed E-state index contributed by atoms with van der Waals surface area (Å²) >= 11 is 6.02. The lowest BCUT2D eigenvalue weighted by Gasteiger charge is -2.36. The fraction of sp³-hybridized carbons (Fsp3) is 0.300. The van der Waals surface area contributed by atoms with Crippen LogP contribution in [0.3, 0.4) is 0 Å². The molecule has 142 valence electrons. The van der Waals surface area contributed by atoms with Crippen LogP contribution in [0.1, 0.15) is 5.56 Å². The van der Waals surface area contributed by atoms with Gasteiger partial charge in [-0.15, -0.1) is 0 Å². The van der Waals surface area contributed by atoms with Crippen molar-refractivity contribution in [3.8, 4) is 0 Å². The molecule has 27 heavy (non-hydrogen) atoms.